The second-order valence-corrected chi connectivity index (χ2v) is 10.5. The molecular weight excluding hydrogens is 390 g/mol. The number of aromatic nitrogens is 1. The van der Waals surface area contributed by atoms with Crippen LogP contribution in [0.4, 0.5) is 0 Å². The van der Waals surface area contributed by atoms with Crippen molar-refractivity contribution in [2.45, 2.75) is 105 Å². The molecule has 174 valence electrons. The maximum Gasteiger partial charge on any atom is 0.325 e. The molecule has 3 rings (SSSR count). The molecule has 0 spiro atoms. The van der Waals surface area contributed by atoms with Gasteiger partial charge in [-0.1, -0.05) is 34.1 Å². The Morgan fingerprint density at radius 2 is 1.77 bits per heavy atom. The molecule has 1 unspecified atom stereocenters. The molecule has 1 fully saturated rings. The van der Waals surface area contributed by atoms with Crippen LogP contribution in [0.2, 0.25) is 0 Å². The molecule has 0 aliphatic heterocycles. The van der Waals surface area contributed by atoms with Gasteiger partial charge in [0.1, 0.15) is 18.1 Å². The Morgan fingerprint density at radius 3 is 2.39 bits per heavy atom. The van der Waals surface area contributed by atoms with Gasteiger partial charge in [-0.15, -0.1) is 0 Å². The van der Waals surface area contributed by atoms with Crippen molar-refractivity contribution in [2.24, 2.45) is 11.3 Å². The summed E-state index contributed by atoms with van der Waals surface area (Å²) in [6, 6.07) is 2.23. The van der Waals surface area contributed by atoms with Gasteiger partial charge in [0.15, 0.2) is 0 Å². The number of hydrogen-bond acceptors (Lipinski definition) is 4. The van der Waals surface area contributed by atoms with Crippen LogP contribution in [0.15, 0.2) is 6.07 Å². The van der Waals surface area contributed by atoms with Crippen LogP contribution in [0.25, 0.3) is 0 Å². The Kier molecular flexibility index (Phi) is 8.29. The number of carbonyl (C=O) groups excluding carboxylic acids is 3. The molecule has 0 saturated heterocycles. The summed E-state index contributed by atoms with van der Waals surface area (Å²) in [7, 11) is 0. The van der Waals surface area contributed by atoms with Gasteiger partial charge in [0, 0.05) is 34.6 Å². The first-order valence-electron chi connectivity index (χ1n) is 11.8. The molecular formula is C26H41NO4. The summed E-state index contributed by atoms with van der Waals surface area (Å²) in [5.41, 5.74) is 3.88. The van der Waals surface area contributed by atoms with Crippen LogP contribution < -0.4 is 0 Å². The van der Waals surface area contributed by atoms with Crippen LogP contribution in [-0.4, -0.2) is 28.7 Å². The third-order valence-electron chi connectivity index (χ3n) is 6.79. The topological polar surface area (TPSA) is 65.4 Å². The third kappa shape index (κ3) is 6.30. The van der Waals surface area contributed by atoms with E-state index in [-0.39, 0.29) is 34.3 Å². The van der Waals surface area contributed by atoms with Crippen LogP contribution in [0, 0.1) is 18.3 Å². The normalized spacial score (nSPS) is 21.5. The van der Waals surface area contributed by atoms with E-state index in [2.05, 4.69) is 31.4 Å². The quantitative estimate of drug-likeness (QED) is 0.591. The molecule has 31 heavy (non-hydrogen) atoms. The van der Waals surface area contributed by atoms with Crippen molar-refractivity contribution in [3.63, 3.8) is 0 Å². The molecule has 2 aliphatic rings. The molecule has 0 N–H and O–H groups in total. The Morgan fingerprint density at radius 1 is 1.13 bits per heavy atom. The van der Waals surface area contributed by atoms with Crippen molar-refractivity contribution >= 4 is 17.5 Å². The van der Waals surface area contributed by atoms with E-state index in [0.717, 1.165) is 25.7 Å². The molecule has 1 aromatic rings. The Balaban J connectivity index is 0.000000233. The van der Waals surface area contributed by atoms with Gasteiger partial charge in [-0.05, 0) is 64.5 Å². The zero-order valence-electron chi connectivity index (χ0n) is 20.6. The van der Waals surface area contributed by atoms with Gasteiger partial charge in [-0.3, -0.25) is 9.59 Å². The van der Waals surface area contributed by atoms with Gasteiger partial charge in [-0.2, -0.15) is 0 Å². The standard InChI is InChI=1S/C15H23NO2.C11H18O2/c1-5-18-13(17)10-16-11(2)9-12-7-6-8-15(3,4)14(12)16;1-8(12)7-9-5-4-6-11(2,3)10(9)13/h9H,5-8,10H2,1-4H3;9H,4-7H2,1-3H3. The molecule has 0 amide bonds. The van der Waals surface area contributed by atoms with Crippen molar-refractivity contribution in [1.82, 2.24) is 4.57 Å². The maximum absolute atomic E-state index is 11.8. The first kappa shape index (κ1) is 25.4. The van der Waals surface area contributed by atoms with E-state index in [9.17, 15) is 14.4 Å². The van der Waals surface area contributed by atoms with E-state index < -0.39 is 0 Å². The van der Waals surface area contributed by atoms with Crippen molar-refractivity contribution < 1.29 is 19.1 Å². The average Bonchev–Trinajstić information content (AvgIpc) is 2.96. The molecule has 1 heterocycles. The van der Waals surface area contributed by atoms with Crippen LogP contribution >= 0.6 is 0 Å². The van der Waals surface area contributed by atoms with Crippen LogP contribution in [0.5, 0.6) is 0 Å². The first-order valence-corrected chi connectivity index (χ1v) is 11.8. The van der Waals surface area contributed by atoms with E-state index in [1.807, 2.05) is 20.8 Å². The van der Waals surface area contributed by atoms with E-state index in [1.165, 1.54) is 29.8 Å². The van der Waals surface area contributed by atoms with Crippen LogP contribution in [0.1, 0.15) is 97.0 Å². The second-order valence-electron chi connectivity index (χ2n) is 10.5. The summed E-state index contributed by atoms with van der Waals surface area (Å²) in [6.07, 6.45) is 6.96. The Labute approximate surface area is 187 Å². The first-order chi connectivity index (χ1) is 14.4. The lowest BCUT2D eigenvalue weighted by Gasteiger charge is -2.33. The zero-order valence-corrected chi connectivity index (χ0v) is 20.6. The van der Waals surface area contributed by atoms with Gasteiger partial charge in [-0.25, -0.2) is 0 Å². The Bertz CT molecular complexity index is 816. The number of esters is 1. The molecule has 1 saturated carbocycles. The largest absolute Gasteiger partial charge is 0.465 e. The molecule has 0 radical (unpaired) electrons. The van der Waals surface area contributed by atoms with E-state index in [4.69, 9.17) is 4.74 Å². The predicted octanol–water partition coefficient (Wildman–Crippen LogP) is 5.33. The summed E-state index contributed by atoms with van der Waals surface area (Å²) in [5, 5.41) is 0. The molecule has 0 aromatic carbocycles. The van der Waals surface area contributed by atoms with Gasteiger partial charge >= 0.3 is 5.97 Å². The number of ether oxygens (including phenoxy) is 1. The summed E-state index contributed by atoms with van der Waals surface area (Å²) in [4.78, 5) is 34.5. The number of carbonyl (C=O) groups is 3. The van der Waals surface area contributed by atoms with Crippen LogP contribution in [-0.2, 0) is 37.5 Å². The fraction of sp³-hybridized carbons (Fsp3) is 0.731. The molecule has 5 nitrogen and oxygen atoms in total. The van der Waals surface area contributed by atoms with Crippen LogP contribution in [0.3, 0.4) is 0 Å². The SMILES string of the molecule is CC(=O)CC1CCCC(C)(C)C1=O.CCOC(=O)Cn1c(C)cc2c1C(C)(C)CCC2. The lowest BCUT2D eigenvalue weighted by atomic mass is 9.70. The highest BCUT2D eigenvalue weighted by Crippen LogP contribution is 2.38. The van der Waals surface area contributed by atoms with Gasteiger partial charge in [0.05, 0.1) is 6.61 Å². The lowest BCUT2D eigenvalue weighted by Crippen LogP contribution is -2.35. The van der Waals surface area contributed by atoms with Gasteiger partial charge < -0.3 is 14.1 Å². The minimum absolute atomic E-state index is 0.00116. The second kappa shape index (κ2) is 10.1. The van der Waals surface area contributed by atoms with Gasteiger partial charge in [0.25, 0.3) is 0 Å². The van der Waals surface area contributed by atoms with Crippen molar-refractivity contribution in [1.29, 1.82) is 0 Å². The predicted molar refractivity (Wildman–Crippen MR) is 123 cm³/mol. The molecule has 5 heteroatoms. The number of ketones is 2. The summed E-state index contributed by atoms with van der Waals surface area (Å²) in [5.74, 6) is 0.284. The third-order valence-corrected chi connectivity index (χ3v) is 6.79. The highest BCUT2D eigenvalue weighted by molar-refractivity contribution is 5.91. The van der Waals surface area contributed by atoms with E-state index in [1.54, 1.807) is 6.92 Å². The molecule has 0 bridgehead atoms. The van der Waals surface area contributed by atoms with Crippen molar-refractivity contribution in [3.8, 4) is 0 Å². The number of nitrogens with zero attached hydrogens (tertiary/aromatic N) is 1. The Hall–Kier alpha value is -1.91. The maximum atomic E-state index is 11.8. The average molecular weight is 432 g/mol. The van der Waals surface area contributed by atoms with E-state index >= 15 is 0 Å². The monoisotopic (exact) mass is 431 g/mol. The van der Waals surface area contributed by atoms with E-state index in [0.29, 0.717) is 19.6 Å². The minimum atomic E-state index is -0.196. The van der Waals surface area contributed by atoms with Gasteiger partial charge in [0.2, 0.25) is 0 Å². The van der Waals surface area contributed by atoms with Crippen molar-refractivity contribution in [3.05, 3.63) is 23.0 Å². The summed E-state index contributed by atoms with van der Waals surface area (Å²) < 4.78 is 7.21. The number of Topliss-reactive ketones (excluding diaryl/α,β-unsaturated/α-hetero) is 2. The smallest absolute Gasteiger partial charge is 0.325 e. The minimum Gasteiger partial charge on any atom is -0.465 e. The highest BCUT2D eigenvalue weighted by Gasteiger charge is 2.37. The number of hydrogen-bond donors (Lipinski definition) is 0. The number of aryl methyl sites for hydroxylation is 2. The number of fused-ring (bicyclic) bond motifs is 1. The summed E-state index contributed by atoms with van der Waals surface area (Å²) >= 11 is 0. The molecule has 2 aliphatic carbocycles. The highest BCUT2D eigenvalue weighted by atomic mass is 16.5. The zero-order chi connectivity index (χ0) is 23.4. The lowest BCUT2D eigenvalue weighted by molar-refractivity contribution is -0.143. The number of rotatable bonds is 5. The molecule has 1 aromatic heterocycles. The molecule has 1 atom stereocenters. The van der Waals surface area contributed by atoms with Crippen molar-refractivity contribution in [2.75, 3.05) is 6.61 Å². The fourth-order valence-corrected chi connectivity index (χ4v) is 5.26. The summed E-state index contributed by atoms with van der Waals surface area (Å²) in [6.45, 7) is 14.8. The fourth-order valence-electron chi connectivity index (χ4n) is 5.26.